The molecule has 3 aromatic rings. The molecule has 0 bridgehead atoms. The molecule has 1 N–H and O–H groups in total. The Hall–Kier alpha value is -3.02. The highest BCUT2D eigenvalue weighted by molar-refractivity contribution is 7.98. The lowest BCUT2D eigenvalue weighted by molar-refractivity contribution is -0.138. The monoisotopic (exact) mass is 460 g/mol. The zero-order chi connectivity index (χ0) is 22.8. The highest BCUT2D eigenvalue weighted by Gasteiger charge is 2.35. The van der Waals surface area contributed by atoms with E-state index < -0.39 is 35.0 Å². The van der Waals surface area contributed by atoms with Crippen LogP contribution in [0.5, 0.6) is 0 Å². The molecule has 0 atom stereocenters. The lowest BCUT2D eigenvalue weighted by Gasteiger charge is -2.14. The summed E-state index contributed by atoms with van der Waals surface area (Å²) in [6.07, 6.45) is -7.66. The molecule has 0 radical (unpaired) electrons. The first-order valence-electron chi connectivity index (χ1n) is 8.62. The summed E-state index contributed by atoms with van der Waals surface area (Å²) in [5, 5.41) is 10.3. The van der Waals surface area contributed by atoms with Gasteiger partial charge in [-0.15, -0.1) is 10.2 Å². The van der Waals surface area contributed by atoms with Gasteiger partial charge in [0.2, 0.25) is 0 Å². The predicted octanol–water partition coefficient (Wildman–Crippen LogP) is 4.96. The van der Waals surface area contributed by atoms with Gasteiger partial charge in [-0.05, 0) is 36.6 Å². The van der Waals surface area contributed by atoms with Crippen LogP contribution in [0.2, 0.25) is 0 Å². The van der Waals surface area contributed by atoms with Crippen molar-refractivity contribution in [3.8, 4) is 5.69 Å². The maximum atomic E-state index is 13.1. The number of amides is 1. The molecule has 1 heterocycles. The molecule has 31 heavy (non-hydrogen) atoms. The average Bonchev–Trinajstić information content (AvgIpc) is 3.14. The van der Waals surface area contributed by atoms with Gasteiger partial charge in [-0.3, -0.25) is 9.36 Å². The van der Waals surface area contributed by atoms with Crippen molar-refractivity contribution in [2.24, 2.45) is 0 Å². The summed E-state index contributed by atoms with van der Waals surface area (Å²) in [4.78, 5) is 12.4. The fraction of sp³-hybridized carbons (Fsp3) is 0.211. The first-order valence-corrected chi connectivity index (χ1v) is 9.85. The van der Waals surface area contributed by atoms with Crippen molar-refractivity contribution >= 4 is 17.7 Å². The Labute approximate surface area is 176 Å². The minimum Gasteiger partial charge on any atom is -0.345 e. The van der Waals surface area contributed by atoms with Crippen molar-refractivity contribution in [1.82, 2.24) is 20.1 Å². The lowest BCUT2D eigenvalue weighted by atomic mass is 10.1. The van der Waals surface area contributed by atoms with Crippen LogP contribution in [0.25, 0.3) is 5.69 Å². The van der Waals surface area contributed by atoms with E-state index >= 15 is 0 Å². The number of halogens is 6. The molecule has 1 aromatic heterocycles. The van der Waals surface area contributed by atoms with E-state index in [1.807, 2.05) is 0 Å². The number of carbonyl (C=O) groups is 1. The Morgan fingerprint density at radius 2 is 1.71 bits per heavy atom. The summed E-state index contributed by atoms with van der Waals surface area (Å²) in [5.41, 5.74) is -2.47. The minimum absolute atomic E-state index is 0.0570. The molecule has 12 heteroatoms. The van der Waals surface area contributed by atoms with Crippen molar-refractivity contribution in [3.63, 3.8) is 0 Å². The highest BCUT2D eigenvalue weighted by Crippen LogP contribution is 2.33. The summed E-state index contributed by atoms with van der Waals surface area (Å²) in [6, 6.07) is 8.69. The first kappa shape index (κ1) is 22.7. The number of hydrogen-bond donors (Lipinski definition) is 1. The van der Waals surface area contributed by atoms with Crippen molar-refractivity contribution in [3.05, 3.63) is 71.0 Å². The predicted molar refractivity (Wildman–Crippen MR) is 101 cm³/mol. The average molecular weight is 460 g/mol. The van der Waals surface area contributed by atoms with Gasteiger partial charge in [0, 0.05) is 0 Å². The summed E-state index contributed by atoms with van der Waals surface area (Å²) < 4.78 is 79.9. The number of thioether (sulfide) groups is 1. The number of aromatic nitrogens is 3. The Morgan fingerprint density at radius 1 is 1.00 bits per heavy atom. The molecule has 164 valence electrons. The third kappa shape index (κ3) is 5.01. The summed E-state index contributed by atoms with van der Waals surface area (Å²) in [7, 11) is 0. The fourth-order valence-electron chi connectivity index (χ4n) is 2.81. The molecule has 0 saturated carbocycles. The standard InChI is InChI=1S/C19H14F6N4OS/c1-31-17-28-27-15(29(17)12-6-4-5-11(9-12)18(20,21)22)10-26-16(30)13-7-2-3-8-14(13)19(23,24)25/h2-9H,10H2,1H3,(H,26,30). The third-order valence-electron chi connectivity index (χ3n) is 4.20. The molecule has 1 amide bonds. The number of nitrogens with zero attached hydrogens (tertiary/aromatic N) is 3. The van der Waals surface area contributed by atoms with Crippen LogP contribution in [0.15, 0.2) is 53.7 Å². The maximum Gasteiger partial charge on any atom is 0.417 e. The Bertz CT molecular complexity index is 1090. The van der Waals surface area contributed by atoms with Gasteiger partial charge >= 0.3 is 12.4 Å². The Kier molecular flexibility index (Phi) is 6.30. The maximum absolute atomic E-state index is 13.1. The third-order valence-corrected chi connectivity index (χ3v) is 4.83. The number of benzene rings is 2. The first-order chi connectivity index (χ1) is 14.5. The van der Waals surface area contributed by atoms with Gasteiger partial charge in [0.1, 0.15) is 0 Å². The molecule has 3 rings (SSSR count). The van der Waals surface area contributed by atoms with Gasteiger partial charge in [-0.1, -0.05) is 30.0 Å². The number of nitrogens with one attached hydrogen (secondary N) is 1. The Balaban J connectivity index is 1.90. The summed E-state index contributed by atoms with van der Waals surface area (Å²) in [6.45, 7) is -0.352. The van der Waals surface area contributed by atoms with Crippen molar-refractivity contribution in [1.29, 1.82) is 0 Å². The quantitative estimate of drug-likeness (QED) is 0.432. The van der Waals surface area contributed by atoms with E-state index in [0.29, 0.717) is 0 Å². The largest absolute Gasteiger partial charge is 0.417 e. The summed E-state index contributed by atoms with van der Waals surface area (Å²) in [5.74, 6) is -0.946. The van der Waals surface area contributed by atoms with Crippen LogP contribution < -0.4 is 5.32 Å². The highest BCUT2D eigenvalue weighted by atomic mass is 32.2. The van der Waals surface area contributed by atoms with Crippen LogP contribution in [-0.2, 0) is 18.9 Å². The van der Waals surface area contributed by atoms with Gasteiger partial charge in [-0.25, -0.2) is 0 Å². The van der Waals surface area contributed by atoms with E-state index in [-0.39, 0.29) is 23.2 Å². The molecule has 5 nitrogen and oxygen atoms in total. The molecule has 0 unspecified atom stereocenters. The molecule has 0 aliphatic heterocycles. The molecule has 0 fully saturated rings. The van der Waals surface area contributed by atoms with E-state index in [4.69, 9.17) is 0 Å². The number of rotatable bonds is 5. The van der Waals surface area contributed by atoms with Crippen LogP contribution in [0.3, 0.4) is 0 Å². The Morgan fingerprint density at radius 3 is 2.35 bits per heavy atom. The summed E-state index contributed by atoms with van der Waals surface area (Å²) >= 11 is 1.11. The van der Waals surface area contributed by atoms with Gasteiger partial charge in [0.15, 0.2) is 11.0 Å². The molecular weight excluding hydrogens is 446 g/mol. The van der Waals surface area contributed by atoms with Crippen molar-refractivity contribution < 1.29 is 31.1 Å². The second kappa shape index (κ2) is 8.61. The van der Waals surface area contributed by atoms with Crippen molar-refractivity contribution in [2.75, 3.05) is 6.26 Å². The molecule has 2 aromatic carbocycles. The zero-order valence-corrected chi connectivity index (χ0v) is 16.6. The number of alkyl halides is 6. The van der Waals surface area contributed by atoms with E-state index in [2.05, 4.69) is 15.5 Å². The van der Waals surface area contributed by atoms with Crippen LogP contribution in [-0.4, -0.2) is 26.9 Å². The van der Waals surface area contributed by atoms with Gasteiger partial charge in [0.05, 0.1) is 28.9 Å². The normalized spacial score (nSPS) is 12.1. The number of hydrogen-bond acceptors (Lipinski definition) is 4. The second-order valence-electron chi connectivity index (χ2n) is 6.21. The van der Waals surface area contributed by atoms with Crippen LogP contribution in [0, 0.1) is 0 Å². The van der Waals surface area contributed by atoms with Gasteiger partial charge in [0.25, 0.3) is 5.91 Å². The SMILES string of the molecule is CSc1nnc(CNC(=O)c2ccccc2C(F)(F)F)n1-c1cccc(C(F)(F)F)c1. The molecule has 0 saturated heterocycles. The van der Waals surface area contributed by atoms with E-state index in [0.717, 1.165) is 42.1 Å². The molecular formula is C19H14F6N4OS. The number of carbonyl (C=O) groups excluding carboxylic acids is 1. The topological polar surface area (TPSA) is 59.8 Å². The molecule has 0 aliphatic carbocycles. The van der Waals surface area contributed by atoms with E-state index in [9.17, 15) is 31.1 Å². The smallest absolute Gasteiger partial charge is 0.345 e. The van der Waals surface area contributed by atoms with Gasteiger partial charge < -0.3 is 5.32 Å². The van der Waals surface area contributed by atoms with E-state index in [1.54, 1.807) is 6.26 Å². The zero-order valence-electron chi connectivity index (χ0n) is 15.8. The van der Waals surface area contributed by atoms with Crippen LogP contribution in [0.4, 0.5) is 26.3 Å². The minimum atomic E-state index is -4.72. The van der Waals surface area contributed by atoms with Crippen LogP contribution in [0.1, 0.15) is 27.3 Å². The van der Waals surface area contributed by atoms with Crippen molar-refractivity contribution in [2.45, 2.75) is 24.1 Å². The molecule has 0 aliphatic rings. The molecule has 0 spiro atoms. The van der Waals surface area contributed by atoms with Crippen LogP contribution >= 0.6 is 11.8 Å². The van der Waals surface area contributed by atoms with Gasteiger partial charge in [-0.2, -0.15) is 26.3 Å². The lowest BCUT2D eigenvalue weighted by Crippen LogP contribution is -2.27. The fourth-order valence-corrected chi connectivity index (χ4v) is 3.33. The van der Waals surface area contributed by atoms with E-state index in [1.165, 1.54) is 22.8 Å². The second-order valence-corrected chi connectivity index (χ2v) is 6.99.